The van der Waals surface area contributed by atoms with E-state index in [1.54, 1.807) is 0 Å². The van der Waals surface area contributed by atoms with Gasteiger partial charge in [0, 0.05) is 28.0 Å². The first kappa shape index (κ1) is 22.9. The number of anilines is 1. The van der Waals surface area contributed by atoms with Crippen LogP contribution in [0.5, 0.6) is 0 Å². The second-order valence-electron chi connectivity index (χ2n) is 10.7. The van der Waals surface area contributed by atoms with Crippen LogP contribution in [0, 0.1) is 17.2 Å². The highest BCUT2D eigenvalue weighted by molar-refractivity contribution is 6.06. The van der Waals surface area contributed by atoms with Gasteiger partial charge in [-0.05, 0) is 65.4 Å². The smallest absolute Gasteiger partial charge is 0.136 e. The molecule has 40 heavy (non-hydrogen) atoms. The molecule has 2 aliphatic carbocycles. The van der Waals surface area contributed by atoms with Crippen molar-refractivity contribution in [2.45, 2.75) is 18.9 Å². The van der Waals surface area contributed by atoms with Crippen LogP contribution in [0.1, 0.15) is 18.4 Å². The zero-order valence-electron chi connectivity index (χ0n) is 21.9. The van der Waals surface area contributed by atoms with Gasteiger partial charge in [-0.15, -0.1) is 0 Å². The van der Waals surface area contributed by atoms with Crippen LogP contribution < -0.4 is 4.90 Å². The molecule has 0 amide bonds. The molecule has 0 N–H and O–H groups in total. The van der Waals surface area contributed by atoms with E-state index in [-0.39, 0.29) is 6.04 Å². The van der Waals surface area contributed by atoms with Crippen LogP contribution in [0.4, 0.5) is 5.69 Å². The Morgan fingerprint density at radius 1 is 0.775 bits per heavy atom. The largest absolute Gasteiger partial charge is 0.456 e. The summed E-state index contributed by atoms with van der Waals surface area (Å²) in [5.41, 5.74) is 10.6. The van der Waals surface area contributed by atoms with Gasteiger partial charge in [-0.1, -0.05) is 91.1 Å². The zero-order chi connectivity index (χ0) is 26.6. The van der Waals surface area contributed by atoms with Crippen LogP contribution in [-0.2, 0) is 0 Å². The van der Waals surface area contributed by atoms with Crippen LogP contribution in [-0.4, -0.2) is 6.04 Å². The molecular weight excluding hydrogens is 488 g/mol. The van der Waals surface area contributed by atoms with Gasteiger partial charge in [0.2, 0.25) is 0 Å². The fourth-order valence-electron chi connectivity index (χ4n) is 6.73. The Morgan fingerprint density at radius 2 is 1.60 bits per heavy atom. The minimum atomic E-state index is 0.171. The summed E-state index contributed by atoms with van der Waals surface area (Å²) in [6.07, 6.45) is 15.5. The molecule has 2 atom stereocenters. The third kappa shape index (κ3) is 3.43. The number of hydrogen-bond acceptors (Lipinski definition) is 3. The molecule has 0 fully saturated rings. The van der Waals surface area contributed by atoms with Crippen LogP contribution in [0.15, 0.2) is 137 Å². The molecule has 0 spiro atoms. The zero-order valence-corrected chi connectivity index (χ0v) is 21.9. The average molecular weight is 515 g/mol. The van der Waals surface area contributed by atoms with Crippen molar-refractivity contribution in [1.29, 1.82) is 5.26 Å². The van der Waals surface area contributed by atoms with Crippen molar-refractivity contribution in [1.82, 2.24) is 0 Å². The minimum Gasteiger partial charge on any atom is -0.456 e. The number of nitriles is 1. The van der Waals surface area contributed by atoms with E-state index in [9.17, 15) is 5.26 Å². The summed E-state index contributed by atoms with van der Waals surface area (Å²) in [5.74, 6) is 0.304. The minimum absolute atomic E-state index is 0.171. The average Bonchev–Trinajstić information content (AvgIpc) is 3.56. The first-order chi connectivity index (χ1) is 19.8. The van der Waals surface area contributed by atoms with Gasteiger partial charge in [0.1, 0.15) is 17.2 Å². The molecular formula is C37H26N2O. The third-order valence-corrected chi connectivity index (χ3v) is 8.52. The predicted octanol–water partition coefficient (Wildman–Crippen LogP) is 9.33. The molecule has 0 saturated heterocycles. The van der Waals surface area contributed by atoms with Crippen LogP contribution >= 0.6 is 0 Å². The Hall–Kier alpha value is -5.07. The molecule has 1 aromatic heterocycles. The van der Waals surface area contributed by atoms with Crippen molar-refractivity contribution >= 4 is 27.6 Å². The fourth-order valence-corrected chi connectivity index (χ4v) is 6.73. The second-order valence-corrected chi connectivity index (χ2v) is 10.7. The number of fused-ring (bicyclic) bond motifs is 5. The van der Waals surface area contributed by atoms with E-state index >= 15 is 0 Å². The van der Waals surface area contributed by atoms with Gasteiger partial charge < -0.3 is 9.32 Å². The highest BCUT2D eigenvalue weighted by atomic mass is 16.3. The third-order valence-electron chi connectivity index (χ3n) is 8.52. The Morgan fingerprint density at radius 3 is 2.55 bits per heavy atom. The molecule has 0 saturated carbocycles. The van der Waals surface area contributed by atoms with Crippen LogP contribution in [0.2, 0.25) is 0 Å². The number of allylic oxidation sites excluding steroid dienone is 5. The summed E-state index contributed by atoms with van der Waals surface area (Å²) in [6.45, 7) is 0. The van der Waals surface area contributed by atoms with Crippen molar-refractivity contribution in [2.24, 2.45) is 5.92 Å². The molecule has 1 aliphatic heterocycles. The second kappa shape index (κ2) is 9.00. The molecule has 2 heterocycles. The van der Waals surface area contributed by atoms with Gasteiger partial charge in [0.15, 0.2) is 0 Å². The highest BCUT2D eigenvalue weighted by Gasteiger charge is 2.40. The van der Waals surface area contributed by atoms with Gasteiger partial charge >= 0.3 is 0 Å². The lowest BCUT2D eigenvalue weighted by molar-refractivity contribution is 0.669. The van der Waals surface area contributed by atoms with Crippen molar-refractivity contribution in [3.63, 3.8) is 0 Å². The van der Waals surface area contributed by atoms with E-state index < -0.39 is 0 Å². The molecule has 5 aromatic rings. The molecule has 3 nitrogen and oxygen atoms in total. The predicted molar refractivity (Wildman–Crippen MR) is 163 cm³/mol. The molecule has 0 bridgehead atoms. The monoisotopic (exact) mass is 514 g/mol. The number of benzene rings is 4. The maximum Gasteiger partial charge on any atom is 0.136 e. The number of nitrogens with zero attached hydrogens (tertiary/aromatic N) is 2. The van der Waals surface area contributed by atoms with Gasteiger partial charge in [0.25, 0.3) is 0 Å². The van der Waals surface area contributed by atoms with E-state index in [0.29, 0.717) is 11.5 Å². The lowest BCUT2D eigenvalue weighted by Crippen LogP contribution is -2.33. The van der Waals surface area contributed by atoms with Crippen LogP contribution in [0.3, 0.4) is 0 Å². The van der Waals surface area contributed by atoms with E-state index in [1.165, 1.54) is 11.3 Å². The molecule has 4 aromatic carbocycles. The van der Waals surface area contributed by atoms with Crippen molar-refractivity contribution < 1.29 is 4.42 Å². The van der Waals surface area contributed by atoms with Gasteiger partial charge in [-0.3, -0.25) is 0 Å². The van der Waals surface area contributed by atoms with Gasteiger partial charge in [-0.25, -0.2) is 0 Å². The highest BCUT2D eigenvalue weighted by Crippen LogP contribution is 2.48. The van der Waals surface area contributed by atoms with Crippen molar-refractivity contribution in [3.8, 4) is 28.3 Å². The lowest BCUT2D eigenvalue weighted by Gasteiger charge is -2.33. The van der Waals surface area contributed by atoms with E-state index in [0.717, 1.165) is 62.7 Å². The van der Waals surface area contributed by atoms with Gasteiger partial charge in [-0.2, -0.15) is 5.26 Å². The summed E-state index contributed by atoms with van der Waals surface area (Å²) < 4.78 is 6.18. The number of hydrogen-bond donors (Lipinski definition) is 0. The normalized spacial score (nSPS) is 19.3. The summed E-state index contributed by atoms with van der Waals surface area (Å²) in [4.78, 5) is 2.45. The molecule has 3 heteroatoms. The fraction of sp³-hybridized carbons (Fsp3) is 0.108. The summed E-state index contributed by atoms with van der Waals surface area (Å²) in [7, 11) is 0. The Bertz CT molecular complexity index is 1990. The molecule has 8 rings (SSSR count). The Labute approximate surface area is 233 Å². The SMILES string of the molecule is N#Cc1cccc(-c2cccc(-c3ccc4c(c3)oc3ccccc34)c2)c1N1C2=C(C=CCC2)C2C=CC=CC21. The van der Waals surface area contributed by atoms with Crippen molar-refractivity contribution in [2.75, 3.05) is 4.90 Å². The van der Waals surface area contributed by atoms with E-state index in [4.69, 9.17) is 4.42 Å². The molecule has 2 unspecified atom stereocenters. The summed E-state index contributed by atoms with van der Waals surface area (Å²) >= 11 is 0. The molecule has 0 radical (unpaired) electrons. The van der Waals surface area contributed by atoms with Gasteiger partial charge in [0.05, 0.1) is 17.3 Å². The number of para-hydroxylation sites is 2. The summed E-state index contributed by atoms with van der Waals surface area (Å²) in [6, 6.07) is 32.1. The lowest BCUT2D eigenvalue weighted by atomic mass is 9.88. The Balaban J connectivity index is 1.27. The van der Waals surface area contributed by atoms with Crippen LogP contribution in [0.25, 0.3) is 44.2 Å². The quantitative estimate of drug-likeness (QED) is 0.241. The number of rotatable bonds is 3. The summed E-state index contributed by atoms with van der Waals surface area (Å²) in [5, 5.41) is 12.6. The standard InChI is InChI=1S/C37H26N2O/c38-23-27-11-8-15-28(37(27)39-33-16-4-1-12-29(33)30-13-2-5-17-34(30)39)26-10-7-9-24(21-26)25-19-20-32-31-14-3-6-18-35(31)40-36(32)22-25/h1-4,6-16,18-22,29,33H,5,17H2. The molecule has 190 valence electrons. The number of furan rings is 1. The van der Waals surface area contributed by atoms with E-state index in [2.05, 4.69) is 102 Å². The maximum absolute atomic E-state index is 10.3. The first-order valence-electron chi connectivity index (χ1n) is 13.9. The topological polar surface area (TPSA) is 40.2 Å². The molecule has 3 aliphatic rings. The first-order valence-corrected chi connectivity index (χ1v) is 13.9. The Kier molecular flexibility index (Phi) is 5.15. The van der Waals surface area contributed by atoms with Crippen molar-refractivity contribution in [3.05, 3.63) is 138 Å². The van der Waals surface area contributed by atoms with E-state index in [1.807, 2.05) is 30.3 Å². The maximum atomic E-state index is 10.3.